The number of hydrogen-bond donors (Lipinski definition) is 0. The molecule has 0 bridgehead atoms. The SMILES string of the molecule is CCCCN(C)C(=O)c1cc(-c2ccc(Cl)s2)nc2ccccc12. The smallest absolute Gasteiger partial charge is 0.254 e. The Kier molecular flexibility index (Phi) is 5.17. The van der Waals surface area contributed by atoms with E-state index in [9.17, 15) is 4.79 Å². The molecule has 0 unspecified atom stereocenters. The van der Waals surface area contributed by atoms with E-state index in [4.69, 9.17) is 16.6 Å². The van der Waals surface area contributed by atoms with Crippen molar-refractivity contribution in [1.29, 1.82) is 0 Å². The Morgan fingerprint density at radius 3 is 2.75 bits per heavy atom. The van der Waals surface area contributed by atoms with Gasteiger partial charge in [-0.3, -0.25) is 4.79 Å². The highest BCUT2D eigenvalue weighted by Crippen LogP contribution is 2.32. The number of carbonyl (C=O) groups excluding carboxylic acids is 1. The summed E-state index contributed by atoms with van der Waals surface area (Å²) in [5.74, 6) is 0.0333. The van der Waals surface area contributed by atoms with Crippen molar-refractivity contribution < 1.29 is 4.79 Å². The minimum absolute atomic E-state index is 0.0333. The van der Waals surface area contributed by atoms with Gasteiger partial charge in [0.1, 0.15) is 0 Å². The summed E-state index contributed by atoms with van der Waals surface area (Å²) in [7, 11) is 1.86. The summed E-state index contributed by atoms with van der Waals surface area (Å²) >= 11 is 7.52. The number of hydrogen-bond acceptors (Lipinski definition) is 3. The summed E-state index contributed by atoms with van der Waals surface area (Å²) < 4.78 is 0.716. The zero-order valence-corrected chi connectivity index (χ0v) is 15.3. The molecule has 0 saturated carbocycles. The fourth-order valence-electron chi connectivity index (χ4n) is 2.63. The number of carbonyl (C=O) groups is 1. The minimum Gasteiger partial charge on any atom is -0.342 e. The van der Waals surface area contributed by atoms with Crippen LogP contribution in [0.4, 0.5) is 0 Å². The van der Waals surface area contributed by atoms with Crippen LogP contribution in [0.1, 0.15) is 30.1 Å². The number of unbranched alkanes of at least 4 members (excludes halogenated alkanes) is 1. The van der Waals surface area contributed by atoms with Gasteiger partial charge in [0, 0.05) is 19.0 Å². The standard InChI is InChI=1S/C19H19ClN2OS/c1-3-4-11-22(2)19(23)14-12-16(17-9-10-18(20)24-17)21-15-8-6-5-7-13(14)15/h5-10,12H,3-4,11H2,1-2H3. The summed E-state index contributed by atoms with van der Waals surface area (Å²) in [5.41, 5.74) is 2.31. The normalized spacial score (nSPS) is 11.0. The van der Waals surface area contributed by atoms with Gasteiger partial charge in [0.2, 0.25) is 0 Å². The van der Waals surface area contributed by atoms with Crippen molar-refractivity contribution in [2.45, 2.75) is 19.8 Å². The molecule has 2 heterocycles. The van der Waals surface area contributed by atoms with Crippen molar-refractivity contribution in [2.24, 2.45) is 0 Å². The van der Waals surface area contributed by atoms with Crippen LogP contribution in [-0.4, -0.2) is 29.4 Å². The van der Waals surface area contributed by atoms with E-state index in [2.05, 4.69) is 6.92 Å². The number of fused-ring (bicyclic) bond motifs is 1. The maximum absolute atomic E-state index is 12.9. The maximum Gasteiger partial charge on any atom is 0.254 e. The molecule has 0 aliphatic heterocycles. The van der Waals surface area contributed by atoms with Gasteiger partial charge < -0.3 is 4.90 Å². The molecular weight excluding hydrogens is 340 g/mol. The molecule has 0 N–H and O–H groups in total. The average Bonchev–Trinajstić information content (AvgIpc) is 3.04. The number of nitrogens with zero attached hydrogens (tertiary/aromatic N) is 2. The first-order chi connectivity index (χ1) is 11.6. The Morgan fingerprint density at radius 1 is 1.25 bits per heavy atom. The van der Waals surface area contributed by atoms with Gasteiger partial charge in [-0.15, -0.1) is 11.3 Å². The van der Waals surface area contributed by atoms with Crippen molar-refractivity contribution in [1.82, 2.24) is 9.88 Å². The largest absolute Gasteiger partial charge is 0.342 e. The van der Waals surface area contributed by atoms with Crippen molar-refractivity contribution in [2.75, 3.05) is 13.6 Å². The van der Waals surface area contributed by atoms with E-state index < -0.39 is 0 Å². The van der Waals surface area contributed by atoms with E-state index in [1.165, 1.54) is 11.3 Å². The third-order valence-corrected chi connectivity index (χ3v) is 5.22. The van der Waals surface area contributed by atoms with Crippen LogP contribution >= 0.6 is 22.9 Å². The Morgan fingerprint density at radius 2 is 2.04 bits per heavy atom. The molecule has 3 rings (SSSR count). The first-order valence-electron chi connectivity index (χ1n) is 8.01. The van der Waals surface area contributed by atoms with Crippen LogP contribution in [0.25, 0.3) is 21.5 Å². The molecule has 1 aromatic carbocycles. The molecule has 24 heavy (non-hydrogen) atoms. The second-order valence-electron chi connectivity index (χ2n) is 5.76. The molecule has 3 aromatic rings. The second-order valence-corrected chi connectivity index (χ2v) is 7.47. The van der Waals surface area contributed by atoms with Gasteiger partial charge in [0.15, 0.2) is 0 Å². The number of para-hydroxylation sites is 1. The molecular formula is C19H19ClN2OS. The molecule has 0 aliphatic carbocycles. The highest BCUT2D eigenvalue weighted by atomic mass is 35.5. The Bertz CT molecular complexity index is 875. The average molecular weight is 359 g/mol. The Hall–Kier alpha value is -1.91. The van der Waals surface area contributed by atoms with Crippen molar-refractivity contribution in [3.63, 3.8) is 0 Å². The lowest BCUT2D eigenvalue weighted by Crippen LogP contribution is -2.28. The molecule has 0 saturated heterocycles. The minimum atomic E-state index is 0.0333. The topological polar surface area (TPSA) is 33.2 Å². The summed E-state index contributed by atoms with van der Waals surface area (Å²) in [6, 6.07) is 13.5. The zero-order chi connectivity index (χ0) is 17.1. The third-order valence-electron chi connectivity index (χ3n) is 3.97. The summed E-state index contributed by atoms with van der Waals surface area (Å²) in [4.78, 5) is 20.4. The first-order valence-corrected chi connectivity index (χ1v) is 9.20. The lowest BCUT2D eigenvalue weighted by molar-refractivity contribution is 0.0795. The number of amides is 1. The van der Waals surface area contributed by atoms with E-state index >= 15 is 0 Å². The van der Waals surface area contributed by atoms with Crippen molar-refractivity contribution in [3.8, 4) is 10.6 Å². The number of benzene rings is 1. The molecule has 3 nitrogen and oxygen atoms in total. The molecule has 0 spiro atoms. The molecule has 0 fully saturated rings. The van der Waals surface area contributed by atoms with Crippen molar-refractivity contribution >= 4 is 39.7 Å². The number of rotatable bonds is 5. The van der Waals surface area contributed by atoms with Gasteiger partial charge in [0.25, 0.3) is 5.91 Å². The molecule has 2 aromatic heterocycles. The molecule has 1 amide bonds. The molecule has 0 atom stereocenters. The predicted octanol–water partition coefficient (Wildman–Crippen LogP) is 5.49. The van der Waals surface area contributed by atoms with Gasteiger partial charge in [-0.05, 0) is 30.7 Å². The number of pyridine rings is 1. The zero-order valence-electron chi connectivity index (χ0n) is 13.8. The van der Waals surface area contributed by atoms with Gasteiger partial charge in [-0.1, -0.05) is 43.1 Å². The van der Waals surface area contributed by atoms with E-state index in [-0.39, 0.29) is 5.91 Å². The van der Waals surface area contributed by atoms with Crippen molar-refractivity contribution in [3.05, 3.63) is 52.4 Å². The highest BCUT2D eigenvalue weighted by Gasteiger charge is 2.17. The van der Waals surface area contributed by atoms with Crippen LogP contribution in [0.5, 0.6) is 0 Å². The molecule has 0 radical (unpaired) electrons. The Labute approximate surface area is 150 Å². The lowest BCUT2D eigenvalue weighted by atomic mass is 10.1. The second kappa shape index (κ2) is 7.32. The van der Waals surface area contributed by atoms with Crippen LogP contribution in [0.15, 0.2) is 42.5 Å². The lowest BCUT2D eigenvalue weighted by Gasteiger charge is -2.18. The molecule has 124 valence electrons. The van der Waals surface area contributed by atoms with Gasteiger partial charge in [-0.25, -0.2) is 4.98 Å². The number of halogens is 1. The fraction of sp³-hybridized carbons (Fsp3) is 0.263. The van der Waals surface area contributed by atoms with E-state index in [0.29, 0.717) is 9.90 Å². The van der Waals surface area contributed by atoms with Crippen LogP contribution in [0, 0.1) is 0 Å². The van der Waals surface area contributed by atoms with E-state index in [1.54, 1.807) is 4.90 Å². The Balaban J connectivity index is 2.09. The van der Waals surface area contributed by atoms with E-state index in [1.807, 2.05) is 49.5 Å². The highest BCUT2D eigenvalue weighted by molar-refractivity contribution is 7.19. The van der Waals surface area contributed by atoms with Gasteiger partial charge in [-0.2, -0.15) is 0 Å². The van der Waals surface area contributed by atoms with Gasteiger partial charge >= 0.3 is 0 Å². The number of aromatic nitrogens is 1. The van der Waals surface area contributed by atoms with Gasteiger partial charge in [0.05, 0.1) is 26.0 Å². The third kappa shape index (κ3) is 3.45. The molecule has 0 aliphatic rings. The predicted molar refractivity (Wildman–Crippen MR) is 102 cm³/mol. The summed E-state index contributed by atoms with van der Waals surface area (Å²) in [5, 5.41) is 0.886. The fourth-order valence-corrected chi connectivity index (χ4v) is 3.64. The summed E-state index contributed by atoms with van der Waals surface area (Å²) in [6.45, 7) is 2.88. The van der Waals surface area contributed by atoms with Crippen LogP contribution < -0.4 is 0 Å². The van der Waals surface area contributed by atoms with Crippen LogP contribution in [0.3, 0.4) is 0 Å². The maximum atomic E-state index is 12.9. The monoisotopic (exact) mass is 358 g/mol. The quantitative estimate of drug-likeness (QED) is 0.604. The van der Waals surface area contributed by atoms with E-state index in [0.717, 1.165) is 40.9 Å². The summed E-state index contributed by atoms with van der Waals surface area (Å²) in [6.07, 6.45) is 2.06. The van der Waals surface area contributed by atoms with Crippen LogP contribution in [-0.2, 0) is 0 Å². The van der Waals surface area contributed by atoms with Crippen LogP contribution in [0.2, 0.25) is 4.34 Å². The number of thiophene rings is 1. The molecule has 5 heteroatoms. The first kappa shape index (κ1) is 16.9.